The lowest BCUT2D eigenvalue weighted by atomic mass is 10.1. The van der Waals surface area contributed by atoms with E-state index in [9.17, 15) is 18.0 Å². The zero-order valence-electron chi connectivity index (χ0n) is 18.1. The van der Waals surface area contributed by atoms with E-state index < -0.39 is 23.0 Å². The Morgan fingerprint density at radius 2 is 1.74 bits per heavy atom. The first-order valence-electron chi connectivity index (χ1n) is 10.1. The van der Waals surface area contributed by atoms with E-state index in [4.69, 9.17) is 14.9 Å². The number of alkyl halides is 3. The summed E-state index contributed by atoms with van der Waals surface area (Å²) in [6.45, 7) is 4.57. The molecule has 0 radical (unpaired) electrons. The van der Waals surface area contributed by atoms with Crippen LogP contribution in [0, 0.1) is 19.3 Å². The number of ether oxygens (including phenoxy) is 2. The number of carbonyl (C=O) groups is 1. The minimum atomic E-state index is -4.69. The van der Waals surface area contributed by atoms with E-state index >= 15 is 0 Å². The van der Waals surface area contributed by atoms with Gasteiger partial charge in [-0.1, -0.05) is 18.2 Å². The number of hydrogen-bond donors (Lipinski definition) is 1. The van der Waals surface area contributed by atoms with Gasteiger partial charge in [0.25, 0.3) is 5.91 Å². The molecule has 2 aromatic rings. The quantitative estimate of drug-likeness (QED) is 0.460. The Hall–Kier alpha value is -3.60. The Morgan fingerprint density at radius 1 is 1.06 bits per heavy atom. The fourth-order valence-electron chi connectivity index (χ4n) is 3.30. The van der Waals surface area contributed by atoms with Crippen molar-refractivity contribution in [3.8, 4) is 11.5 Å². The molecule has 1 N–H and O–H groups in total. The number of aryl methyl sites for hydroxylation is 2. The number of hydrazone groups is 1. The van der Waals surface area contributed by atoms with Crippen LogP contribution in [0.5, 0.6) is 11.5 Å². The van der Waals surface area contributed by atoms with Crippen LogP contribution < -0.4 is 9.47 Å². The van der Waals surface area contributed by atoms with E-state index in [0.717, 1.165) is 16.9 Å². The second kappa shape index (κ2) is 9.34. The van der Waals surface area contributed by atoms with Crippen molar-refractivity contribution in [3.05, 3.63) is 64.7 Å². The molecule has 34 heavy (non-hydrogen) atoms. The molecule has 0 saturated carbocycles. The Bertz CT molecular complexity index is 1230. The lowest BCUT2D eigenvalue weighted by Gasteiger charge is -2.20. The van der Waals surface area contributed by atoms with E-state index in [1.54, 1.807) is 24.3 Å². The highest BCUT2D eigenvalue weighted by molar-refractivity contribution is 8.27. The second-order valence-electron chi connectivity index (χ2n) is 7.52. The highest BCUT2D eigenvalue weighted by Gasteiger charge is 2.46. The first kappa shape index (κ1) is 23.6. The minimum Gasteiger partial charge on any atom is -0.490 e. The maximum atomic E-state index is 12.9. The summed E-state index contributed by atoms with van der Waals surface area (Å²) in [6.07, 6.45) is -3.32. The zero-order valence-corrected chi connectivity index (χ0v) is 19.0. The van der Waals surface area contributed by atoms with Crippen LogP contribution in [-0.2, 0) is 4.79 Å². The van der Waals surface area contributed by atoms with Gasteiger partial charge in [0.15, 0.2) is 5.84 Å². The predicted molar refractivity (Wildman–Crippen MR) is 124 cm³/mol. The van der Waals surface area contributed by atoms with Crippen molar-refractivity contribution in [2.24, 2.45) is 10.1 Å². The molecule has 176 valence electrons. The van der Waals surface area contributed by atoms with Crippen LogP contribution in [0.3, 0.4) is 0 Å². The van der Waals surface area contributed by atoms with Crippen molar-refractivity contribution >= 4 is 39.8 Å². The van der Waals surface area contributed by atoms with E-state index in [-0.39, 0.29) is 29.1 Å². The second-order valence-corrected chi connectivity index (χ2v) is 8.47. The van der Waals surface area contributed by atoms with Crippen LogP contribution in [0.15, 0.2) is 58.1 Å². The Kier molecular flexibility index (Phi) is 6.47. The van der Waals surface area contributed by atoms with Crippen molar-refractivity contribution in [3.63, 3.8) is 0 Å². The number of hydrogen-bond acceptors (Lipinski definition) is 6. The van der Waals surface area contributed by atoms with Gasteiger partial charge in [-0.25, -0.2) is 0 Å². The molecule has 0 aromatic heterocycles. The van der Waals surface area contributed by atoms with Gasteiger partial charge in [-0.15, -0.1) is 0 Å². The molecule has 2 aliphatic rings. The molecular formula is C23H19F3N4O3S. The molecule has 0 atom stereocenters. The molecule has 2 aliphatic heterocycles. The fourth-order valence-corrected chi connectivity index (χ4v) is 4.06. The molecule has 0 unspecified atom stereocenters. The minimum absolute atomic E-state index is 0.174. The van der Waals surface area contributed by atoms with Crippen molar-refractivity contribution in [2.45, 2.75) is 20.0 Å². The highest BCUT2D eigenvalue weighted by atomic mass is 32.2. The number of amidine groups is 2. The molecule has 0 saturated heterocycles. The van der Waals surface area contributed by atoms with E-state index in [1.807, 2.05) is 26.0 Å². The van der Waals surface area contributed by atoms with Crippen LogP contribution >= 0.6 is 11.8 Å². The van der Waals surface area contributed by atoms with Gasteiger partial charge in [0, 0.05) is 0 Å². The third-order valence-electron chi connectivity index (χ3n) is 4.68. The number of nitrogens with one attached hydrogen (secondary N) is 1. The zero-order chi connectivity index (χ0) is 24.5. The average Bonchev–Trinajstić information content (AvgIpc) is 3.19. The number of benzene rings is 2. The van der Waals surface area contributed by atoms with Gasteiger partial charge in [-0.3, -0.25) is 10.2 Å². The van der Waals surface area contributed by atoms with Crippen molar-refractivity contribution in [1.82, 2.24) is 5.01 Å². The maximum Gasteiger partial charge on any atom is 0.441 e. The number of thioether (sulfide) groups is 1. The summed E-state index contributed by atoms with van der Waals surface area (Å²) in [5.41, 5.74) is 2.55. The summed E-state index contributed by atoms with van der Waals surface area (Å²) >= 11 is 0.211. The molecule has 0 bridgehead atoms. The first-order valence-corrected chi connectivity index (χ1v) is 10.9. The molecular weight excluding hydrogens is 469 g/mol. The molecule has 1 amide bonds. The maximum absolute atomic E-state index is 12.9. The van der Waals surface area contributed by atoms with Gasteiger partial charge in [-0.2, -0.15) is 28.3 Å². The lowest BCUT2D eigenvalue weighted by Crippen LogP contribution is -2.35. The fraction of sp³-hybridized carbons (Fsp3) is 0.217. The van der Waals surface area contributed by atoms with Crippen LogP contribution in [0.2, 0.25) is 0 Å². The smallest absolute Gasteiger partial charge is 0.441 e. The number of aliphatic imine (C=N–C) groups is 1. The predicted octanol–water partition coefficient (Wildman–Crippen LogP) is 4.94. The van der Waals surface area contributed by atoms with Gasteiger partial charge in [-0.05, 0) is 72.6 Å². The Morgan fingerprint density at radius 3 is 2.41 bits per heavy atom. The van der Waals surface area contributed by atoms with E-state index in [1.165, 1.54) is 6.08 Å². The normalized spacial score (nSPS) is 17.0. The number of fused-ring (bicyclic) bond motifs is 1. The number of nitrogens with zero attached hydrogens (tertiary/aromatic N) is 3. The van der Waals surface area contributed by atoms with Crippen molar-refractivity contribution < 1.29 is 27.4 Å². The van der Waals surface area contributed by atoms with E-state index in [0.29, 0.717) is 22.9 Å². The van der Waals surface area contributed by atoms with Crippen LogP contribution in [-0.4, -0.2) is 46.4 Å². The summed E-state index contributed by atoms with van der Waals surface area (Å²) in [6, 6.07) is 12.7. The van der Waals surface area contributed by atoms with Gasteiger partial charge < -0.3 is 9.47 Å². The topological polar surface area (TPSA) is 87.3 Å². The SMILES string of the molecule is Cc1cc(C)cc(OCCOc2cccc(C=C3C(=N)N4N=C(C(F)(F)F)SC4=NC3=O)c2)c1. The standard InChI is InChI=1S/C23H19F3N4O3S/c1-13-8-14(2)10-17(9-13)33-7-6-32-16-5-3-4-15(11-16)12-18-19(27)30-22(28-20(18)31)34-21(29-30)23(24,25)26/h3-5,8-12,27H,6-7H2,1-2H3. The number of halogens is 3. The van der Waals surface area contributed by atoms with Gasteiger partial charge in [0.1, 0.15) is 24.7 Å². The molecule has 2 aromatic carbocycles. The summed E-state index contributed by atoms with van der Waals surface area (Å²) in [5.74, 6) is -0.0258. The number of amides is 1. The van der Waals surface area contributed by atoms with Crippen LogP contribution in [0.25, 0.3) is 6.08 Å². The van der Waals surface area contributed by atoms with Crippen molar-refractivity contribution in [2.75, 3.05) is 13.2 Å². The summed E-state index contributed by atoms with van der Waals surface area (Å²) in [4.78, 5) is 16.0. The summed E-state index contributed by atoms with van der Waals surface area (Å²) < 4.78 is 50.3. The molecule has 2 heterocycles. The molecule has 4 rings (SSSR count). The van der Waals surface area contributed by atoms with Gasteiger partial charge >= 0.3 is 6.18 Å². The molecule has 7 nitrogen and oxygen atoms in total. The molecule has 11 heteroatoms. The van der Waals surface area contributed by atoms with Crippen molar-refractivity contribution in [1.29, 1.82) is 5.41 Å². The largest absolute Gasteiger partial charge is 0.490 e. The summed E-state index contributed by atoms with van der Waals surface area (Å²) in [5, 5.41) is 10.8. The monoisotopic (exact) mass is 488 g/mol. The third kappa shape index (κ3) is 5.30. The van der Waals surface area contributed by atoms with E-state index in [2.05, 4.69) is 16.2 Å². The lowest BCUT2D eigenvalue weighted by molar-refractivity contribution is -0.114. The Balaban J connectivity index is 1.42. The van der Waals surface area contributed by atoms with Gasteiger partial charge in [0.2, 0.25) is 10.2 Å². The summed E-state index contributed by atoms with van der Waals surface area (Å²) in [7, 11) is 0. The van der Waals surface area contributed by atoms with Gasteiger partial charge in [0.05, 0.1) is 5.57 Å². The first-order chi connectivity index (χ1) is 16.1. The number of carbonyl (C=O) groups excluding carboxylic acids is 1. The molecule has 0 aliphatic carbocycles. The van der Waals surface area contributed by atoms with Crippen LogP contribution in [0.1, 0.15) is 16.7 Å². The third-order valence-corrected chi connectivity index (χ3v) is 5.64. The average molecular weight is 488 g/mol. The molecule has 0 spiro atoms. The molecule has 0 fully saturated rings. The number of rotatable bonds is 6. The van der Waals surface area contributed by atoms with Crippen LogP contribution in [0.4, 0.5) is 13.2 Å². The Labute approximate surface area is 197 Å². The highest BCUT2D eigenvalue weighted by Crippen LogP contribution is 2.35.